The number of ether oxygens (including phenoxy) is 2. The van der Waals surface area contributed by atoms with Gasteiger partial charge in [0.05, 0.1) is 35.6 Å². The van der Waals surface area contributed by atoms with Gasteiger partial charge < -0.3 is 14.3 Å². The molecule has 0 aliphatic carbocycles. The Labute approximate surface area is 165 Å². The summed E-state index contributed by atoms with van der Waals surface area (Å²) >= 11 is 6.38. The summed E-state index contributed by atoms with van der Waals surface area (Å²) in [6.07, 6.45) is 2.45. The maximum atomic E-state index is 9.09. The molecule has 1 atom stereocenters. The SMILES string of the molecule is CCOc1cc(/C=N\OCc2ccccc2C#N)cc(Cl)c1O[C@@H](C)CC. The summed E-state index contributed by atoms with van der Waals surface area (Å²) in [5.74, 6) is 1.11. The summed E-state index contributed by atoms with van der Waals surface area (Å²) in [5, 5.41) is 13.5. The third-order valence-corrected chi connectivity index (χ3v) is 4.14. The molecule has 0 aliphatic heterocycles. The van der Waals surface area contributed by atoms with E-state index in [1.54, 1.807) is 18.3 Å². The summed E-state index contributed by atoms with van der Waals surface area (Å²) in [6, 6.07) is 12.9. The maximum absolute atomic E-state index is 9.09. The molecule has 0 heterocycles. The van der Waals surface area contributed by atoms with Crippen LogP contribution in [0.3, 0.4) is 0 Å². The lowest BCUT2D eigenvalue weighted by atomic mass is 10.1. The predicted octanol–water partition coefficient (Wildman–Crippen LogP) is 5.34. The number of hydrogen-bond acceptors (Lipinski definition) is 5. The molecule has 0 radical (unpaired) electrons. The van der Waals surface area contributed by atoms with Gasteiger partial charge in [-0.05, 0) is 38.5 Å². The molecule has 27 heavy (non-hydrogen) atoms. The van der Waals surface area contributed by atoms with Crippen LogP contribution in [0.1, 0.15) is 43.9 Å². The van der Waals surface area contributed by atoms with E-state index in [-0.39, 0.29) is 12.7 Å². The molecule has 0 bridgehead atoms. The normalized spacial score (nSPS) is 11.8. The maximum Gasteiger partial charge on any atom is 0.180 e. The van der Waals surface area contributed by atoms with Crippen LogP contribution in [0.25, 0.3) is 0 Å². The highest BCUT2D eigenvalue weighted by molar-refractivity contribution is 6.32. The molecule has 0 saturated carbocycles. The second-order valence-electron chi connectivity index (χ2n) is 5.88. The highest BCUT2D eigenvalue weighted by Crippen LogP contribution is 2.37. The first kappa shape index (κ1) is 20.6. The molecule has 6 heteroatoms. The second kappa shape index (κ2) is 10.4. The fourth-order valence-corrected chi connectivity index (χ4v) is 2.55. The van der Waals surface area contributed by atoms with Crippen molar-refractivity contribution in [2.45, 2.75) is 39.9 Å². The zero-order chi connectivity index (χ0) is 19.6. The minimum absolute atomic E-state index is 0.0322. The number of benzene rings is 2. The van der Waals surface area contributed by atoms with Gasteiger partial charge in [0.1, 0.15) is 6.61 Å². The van der Waals surface area contributed by atoms with Crippen molar-refractivity contribution >= 4 is 17.8 Å². The summed E-state index contributed by atoms with van der Waals surface area (Å²) in [5.41, 5.74) is 2.08. The number of hydrogen-bond donors (Lipinski definition) is 0. The van der Waals surface area contributed by atoms with E-state index in [9.17, 15) is 0 Å². The monoisotopic (exact) mass is 386 g/mol. The van der Waals surface area contributed by atoms with Crippen molar-refractivity contribution < 1.29 is 14.3 Å². The molecule has 2 aromatic carbocycles. The van der Waals surface area contributed by atoms with Crippen LogP contribution in [0.5, 0.6) is 11.5 Å². The average Bonchev–Trinajstić information content (AvgIpc) is 2.68. The number of nitriles is 1. The standard InChI is InChI=1S/C21H23ClN2O3/c1-4-15(3)27-21-19(22)10-16(11-20(21)25-5-2)13-24-26-14-18-9-7-6-8-17(18)12-23/h6-11,13,15H,4-5,14H2,1-3H3/b24-13-/t15-/m0/s1. The second-order valence-corrected chi connectivity index (χ2v) is 6.28. The van der Waals surface area contributed by atoms with Crippen LogP contribution in [-0.4, -0.2) is 18.9 Å². The minimum Gasteiger partial charge on any atom is -0.490 e. The molecule has 0 unspecified atom stereocenters. The fourth-order valence-electron chi connectivity index (χ4n) is 2.28. The van der Waals surface area contributed by atoms with Gasteiger partial charge in [-0.3, -0.25) is 0 Å². The highest BCUT2D eigenvalue weighted by atomic mass is 35.5. The Kier molecular flexibility index (Phi) is 7.97. The quantitative estimate of drug-likeness (QED) is 0.431. The van der Waals surface area contributed by atoms with Gasteiger partial charge >= 0.3 is 0 Å². The first-order chi connectivity index (χ1) is 13.1. The van der Waals surface area contributed by atoms with Crippen LogP contribution >= 0.6 is 11.6 Å². The molecule has 5 nitrogen and oxygen atoms in total. The van der Waals surface area contributed by atoms with Gasteiger partial charge in [-0.1, -0.05) is 41.9 Å². The molecular weight excluding hydrogens is 364 g/mol. The van der Waals surface area contributed by atoms with Crippen LogP contribution in [0.15, 0.2) is 41.6 Å². The Bertz CT molecular complexity index is 831. The van der Waals surface area contributed by atoms with Crippen LogP contribution < -0.4 is 9.47 Å². The van der Waals surface area contributed by atoms with Crippen molar-refractivity contribution in [1.29, 1.82) is 5.26 Å². The molecular formula is C21H23ClN2O3. The van der Waals surface area contributed by atoms with Crippen molar-refractivity contribution in [3.8, 4) is 17.6 Å². The number of nitrogens with zero attached hydrogens (tertiary/aromatic N) is 2. The van der Waals surface area contributed by atoms with Crippen LogP contribution in [0.4, 0.5) is 0 Å². The van der Waals surface area contributed by atoms with Crippen LogP contribution in [-0.2, 0) is 11.4 Å². The Balaban J connectivity index is 2.11. The molecule has 142 valence electrons. The van der Waals surface area contributed by atoms with E-state index in [0.717, 1.165) is 17.5 Å². The van der Waals surface area contributed by atoms with Gasteiger partial charge in [0.2, 0.25) is 0 Å². The summed E-state index contributed by atoms with van der Waals surface area (Å²) in [7, 11) is 0. The zero-order valence-electron chi connectivity index (χ0n) is 15.7. The van der Waals surface area contributed by atoms with Gasteiger partial charge in [-0.25, -0.2) is 0 Å². The van der Waals surface area contributed by atoms with Crippen molar-refractivity contribution in [2.24, 2.45) is 5.16 Å². The van der Waals surface area contributed by atoms with E-state index in [4.69, 9.17) is 31.2 Å². The Hall–Kier alpha value is -2.71. The van der Waals surface area contributed by atoms with E-state index in [1.807, 2.05) is 45.0 Å². The van der Waals surface area contributed by atoms with E-state index >= 15 is 0 Å². The third kappa shape index (κ3) is 5.90. The van der Waals surface area contributed by atoms with Gasteiger partial charge in [0, 0.05) is 11.1 Å². The van der Waals surface area contributed by atoms with Gasteiger partial charge in [-0.15, -0.1) is 0 Å². The van der Waals surface area contributed by atoms with E-state index in [0.29, 0.717) is 28.7 Å². The Morgan fingerprint density at radius 3 is 2.74 bits per heavy atom. The van der Waals surface area contributed by atoms with Crippen LogP contribution in [0, 0.1) is 11.3 Å². The predicted molar refractivity (Wildman–Crippen MR) is 107 cm³/mol. The van der Waals surface area contributed by atoms with Crippen molar-refractivity contribution in [3.05, 3.63) is 58.1 Å². The Morgan fingerprint density at radius 2 is 2.04 bits per heavy atom. The van der Waals surface area contributed by atoms with Gasteiger partial charge in [0.15, 0.2) is 11.5 Å². The lowest BCUT2D eigenvalue weighted by Gasteiger charge is -2.18. The first-order valence-electron chi connectivity index (χ1n) is 8.85. The Morgan fingerprint density at radius 1 is 1.26 bits per heavy atom. The number of oxime groups is 1. The van der Waals surface area contributed by atoms with Gasteiger partial charge in [-0.2, -0.15) is 5.26 Å². The molecule has 0 spiro atoms. The fraction of sp³-hybridized carbons (Fsp3) is 0.333. The van der Waals surface area contributed by atoms with Crippen molar-refractivity contribution in [1.82, 2.24) is 0 Å². The number of rotatable bonds is 9. The molecule has 0 aromatic heterocycles. The molecule has 0 aliphatic rings. The molecule has 2 aromatic rings. The van der Waals surface area contributed by atoms with E-state index in [1.165, 1.54) is 0 Å². The molecule has 2 rings (SSSR count). The topological polar surface area (TPSA) is 63.8 Å². The molecule has 0 saturated heterocycles. The summed E-state index contributed by atoms with van der Waals surface area (Å²) in [4.78, 5) is 5.32. The average molecular weight is 387 g/mol. The zero-order valence-corrected chi connectivity index (χ0v) is 16.5. The molecule has 0 amide bonds. The lowest BCUT2D eigenvalue weighted by Crippen LogP contribution is -2.11. The lowest BCUT2D eigenvalue weighted by molar-refractivity contribution is 0.132. The largest absolute Gasteiger partial charge is 0.490 e. The molecule has 0 fully saturated rings. The summed E-state index contributed by atoms with van der Waals surface area (Å²) < 4.78 is 11.5. The molecule has 0 N–H and O–H groups in total. The smallest absolute Gasteiger partial charge is 0.180 e. The highest BCUT2D eigenvalue weighted by Gasteiger charge is 2.14. The minimum atomic E-state index is 0.0322. The van der Waals surface area contributed by atoms with Crippen LogP contribution in [0.2, 0.25) is 5.02 Å². The van der Waals surface area contributed by atoms with Gasteiger partial charge in [0.25, 0.3) is 0 Å². The third-order valence-electron chi connectivity index (χ3n) is 3.86. The van der Waals surface area contributed by atoms with E-state index < -0.39 is 0 Å². The van der Waals surface area contributed by atoms with E-state index in [2.05, 4.69) is 11.2 Å². The number of halogens is 1. The van der Waals surface area contributed by atoms with Crippen molar-refractivity contribution in [3.63, 3.8) is 0 Å². The van der Waals surface area contributed by atoms with Crippen molar-refractivity contribution in [2.75, 3.05) is 6.61 Å². The summed E-state index contributed by atoms with van der Waals surface area (Å²) in [6.45, 7) is 6.63. The first-order valence-corrected chi connectivity index (χ1v) is 9.23.